The van der Waals surface area contributed by atoms with Crippen molar-refractivity contribution in [2.45, 2.75) is 39.4 Å². The Balaban J connectivity index is 1.65. The van der Waals surface area contributed by atoms with Gasteiger partial charge in [-0.3, -0.25) is 19.8 Å². The first-order valence-corrected chi connectivity index (χ1v) is 9.97. The number of halogens is 1. The van der Waals surface area contributed by atoms with Crippen LogP contribution in [0.25, 0.3) is 6.08 Å². The molecular formula is C23H26FN3O3. The molecule has 30 heavy (non-hydrogen) atoms. The second kappa shape index (κ2) is 9.17. The van der Waals surface area contributed by atoms with E-state index in [0.717, 1.165) is 5.56 Å². The second-order valence-corrected chi connectivity index (χ2v) is 7.88. The number of aryl methyl sites for hydroxylation is 1. The van der Waals surface area contributed by atoms with E-state index in [9.17, 15) is 19.3 Å². The fraction of sp³-hybridized carbons (Fsp3) is 0.348. The average molecular weight is 411 g/mol. The van der Waals surface area contributed by atoms with Gasteiger partial charge in [-0.2, -0.15) is 0 Å². The Hall–Kier alpha value is -3.06. The van der Waals surface area contributed by atoms with Crippen molar-refractivity contribution in [2.75, 3.05) is 13.1 Å². The van der Waals surface area contributed by atoms with Crippen molar-refractivity contribution < 1.29 is 14.1 Å². The highest BCUT2D eigenvalue weighted by molar-refractivity contribution is 5.92. The standard InChI is InChI=1S/C23H26FN3O3/c1-16-4-5-19(12-22(16)27(29)30)8-11-23(28)26-14-17(2)25(13-18(26)3)15-20-6-9-21(24)10-7-20/h4-12,17-18H,13-15H2,1-3H3/b11-8+/t17-,18+/m0/s1. The topological polar surface area (TPSA) is 66.7 Å². The van der Waals surface area contributed by atoms with Crippen LogP contribution in [0, 0.1) is 22.9 Å². The maximum absolute atomic E-state index is 13.1. The van der Waals surface area contributed by atoms with E-state index < -0.39 is 4.92 Å². The highest BCUT2D eigenvalue weighted by Crippen LogP contribution is 2.21. The van der Waals surface area contributed by atoms with E-state index in [1.807, 2.05) is 11.8 Å². The molecule has 7 heteroatoms. The van der Waals surface area contributed by atoms with Crippen molar-refractivity contribution in [3.05, 3.63) is 81.2 Å². The lowest BCUT2D eigenvalue weighted by atomic mass is 10.1. The van der Waals surface area contributed by atoms with E-state index in [1.54, 1.807) is 37.3 Å². The van der Waals surface area contributed by atoms with Crippen LogP contribution in [0.4, 0.5) is 10.1 Å². The fourth-order valence-corrected chi connectivity index (χ4v) is 3.74. The van der Waals surface area contributed by atoms with Crippen LogP contribution in [-0.2, 0) is 11.3 Å². The van der Waals surface area contributed by atoms with Crippen LogP contribution >= 0.6 is 0 Å². The Morgan fingerprint density at radius 2 is 1.87 bits per heavy atom. The highest BCUT2D eigenvalue weighted by atomic mass is 19.1. The first-order valence-electron chi connectivity index (χ1n) is 9.97. The molecular weight excluding hydrogens is 385 g/mol. The van der Waals surface area contributed by atoms with Crippen LogP contribution in [0.3, 0.4) is 0 Å². The van der Waals surface area contributed by atoms with Crippen LogP contribution in [0.15, 0.2) is 48.5 Å². The number of benzene rings is 2. The minimum absolute atomic E-state index is 0.0196. The molecule has 158 valence electrons. The van der Waals surface area contributed by atoms with Crippen LogP contribution in [0.5, 0.6) is 0 Å². The predicted octanol–water partition coefficient (Wildman–Crippen LogP) is 4.18. The first kappa shape index (κ1) is 21.6. The number of piperazine rings is 1. The smallest absolute Gasteiger partial charge is 0.272 e. The third kappa shape index (κ3) is 5.10. The van der Waals surface area contributed by atoms with Gasteiger partial charge in [0.1, 0.15) is 5.82 Å². The van der Waals surface area contributed by atoms with E-state index in [4.69, 9.17) is 0 Å². The molecule has 1 saturated heterocycles. The lowest BCUT2D eigenvalue weighted by Gasteiger charge is -2.44. The zero-order valence-corrected chi connectivity index (χ0v) is 17.4. The molecule has 2 aromatic carbocycles. The highest BCUT2D eigenvalue weighted by Gasteiger charge is 2.31. The van der Waals surface area contributed by atoms with E-state index in [0.29, 0.717) is 30.8 Å². The summed E-state index contributed by atoms with van der Waals surface area (Å²) in [7, 11) is 0. The summed E-state index contributed by atoms with van der Waals surface area (Å²) in [6, 6.07) is 11.6. The van der Waals surface area contributed by atoms with E-state index >= 15 is 0 Å². The molecule has 0 bridgehead atoms. The molecule has 1 amide bonds. The van der Waals surface area contributed by atoms with Crippen molar-refractivity contribution in [3.8, 4) is 0 Å². The van der Waals surface area contributed by atoms with Gasteiger partial charge in [0.05, 0.1) is 4.92 Å². The summed E-state index contributed by atoms with van der Waals surface area (Å²) in [6.07, 6.45) is 3.10. The fourth-order valence-electron chi connectivity index (χ4n) is 3.74. The van der Waals surface area contributed by atoms with Gasteiger partial charge in [0.15, 0.2) is 0 Å². The molecule has 3 rings (SSSR count). The number of nitrogens with zero attached hydrogens (tertiary/aromatic N) is 3. The van der Waals surface area contributed by atoms with Gasteiger partial charge in [0.2, 0.25) is 5.91 Å². The van der Waals surface area contributed by atoms with Gasteiger partial charge < -0.3 is 4.90 Å². The molecule has 0 radical (unpaired) electrons. The van der Waals surface area contributed by atoms with Crippen molar-refractivity contribution in [1.82, 2.24) is 9.80 Å². The summed E-state index contributed by atoms with van der Waals surface area (Å²) in [5.74, 6) is -0.361. The minimum Gasteiger partial charge on any atom is -0.334 e. The van der Waals surface area contributed by atoms with Gasteiger partial charge in [-0.1, -0.05) is 24.3 Å². The lowest BCUT2D eigenvalue weighted by Crippen LogP contribution is -2.57. The molecule has 1 aliphatic rings. The molecule has 0 aliphatic carbocycles. The molecule has 2 atom stereocenters. The zero-order chi connectivity index (χ0) is 21.8. The van der Waals surface area contributed by atoms with E-state index in [2.05, 4.69) is 11.8 Å². The third-order valence-corrected chi connectivity index (χ3v) is 5.55. The molecule has 0 N–H and O–H groups in total. The molecule has 1 fully saturated rings. The summed E-state index contributed by atoms with van der Waals surface area (Å²) in [4.78, 5) is 27.6. The monoisotopic (exact) mass is 411 g/mol. The van der Waals surface area contributed by atoms with Crippen LogP contribution in [-0.4, -0.2) is 45.8 Å². The minimum atomic E-state index is -0.418. The first-order chi connectivity index (χ1) is 14.2. The van der Waals surface area contributed by atoms with Gasteiger partial charge in [-0.25, -0.2) is 4.39 Å². The number of hydrogen-bond acceptors (Lipinski definition) is 4. The quantitative estimate of drug-likeness (QED) is 0.421. The van der Waals surface area contributed by atoms with Gasteiger partial charge in [-0.05, 0) is 50.1 Å². The molecule has 0 saturated carbocycles. The van der Waals surface area contributed by atoms with Crippen molar-refractivity contribution >= 4 is 17.7 Å². The molecule has 0 spiro atoms. The maximum atomic E-state index is 13.1. The van der Waals surface area contributed by atoms with Crippen molar-refractivity contribution in [2.24, 2.45) is 0 Å². The Morgan fingerprint density at radius 3 is 2.53 bits per heavy atom. The van der Waals surface area contributed by atoms with Crippen molar-refractivity contribution in [3.63, 3.8) is 0 Å². The average Bonchev–Trinajstić information content (AvgIpc) is 2.71. The number of nitro groups is 1. The lowest BCUT2D eigenvalue weighted by molar-refractivity contribution is -0.385. The second-order valence-electron chi connectivity index (χ2n) is 7.88. The number of amides is 1. The molecule has 2 aromatic rings. The predicted molar refractivity (Wildman–Crippen MR) is 114 cm³/mol. The SMILES string of the molecule is Cc1ccc(/C=C/C(=O)N2C[C@H](C)N(Cc3ccc(F)cc3)C[C@H]2C)cc1[N+](=O)[O-]. The largest absolute Gasteiger partial charge is 0.334 e. The zero-order valence-electron chi connectivity index (χ0n) is 17.4. The van der Waals surface area contributed by atoms with Gasteiger partial charge >= 0.3 is 0 Å². The Bertz CT molecular complexity index is 959. The van der Waals surface area contributed by atoms with E-state index in [-0.39, 0.29) is 29.5 Å². The maximum Gasteiger partial charge on any atom is 0.272 e. The summed E-state index contributed by atoms with van der Waals surface area (Å²) in [6.45, 7) is 7.77. The third-order valence-electron chi connectivity index (χ3n) is 5.55. The van der Waals surface area contributed by atoms with Gasteiger partial charge in [0, 0.05) is 49.4 Å². The van der Waals surface area contributed by atoms with E-state index in [1.165, 1.54) is 24.3 Å². The molecule has 6 nitrogen and oxygen atoms in total. The molecule has 1 aliphatic heterocycles. The molecule has 1 heterocycles. The normalized spacial score (nSPS) is 19.9. The van der Waals surface area contributed by atoms with Crippen molar-refractivity contribution in [1.29, 1.82) is 0 Å². The molecule has 0 aromatic heterocycles. The van der Waals surface area contributed by atoms with Gasteiger partial charge in [0.25, 0.3) is 5.69 Å². The molecule has 0 unspecified atom stereocenters. The summed E-state index contributed by atoms with van der Waals surface area (Å²) < 4.78 is 13.1. The summed E-state index contributed by atoms with van der Waals surface area (Å²) in [5.41, 5.74) is 2.29. The number of nitro benzene ring substituents is 1. The summed E-state index contributed by atoms with van der Waals surface area (Å²) in [5, 5.41) is 11.1. The number of hydrogen-bond donors (Lipinski definition) is 0. The number of rotatable bonds is 5. The summed E-state index contributed by atoms with van der Waals surface area (Å²) >= 11 is 0. The Kier molecular flexibility index (Phi) is 6.62. The number of carbonyl (C=O) groups is 1. The Morgan fingerprint density at radius 1 is 1.17 bits per heavy atom. The Labute approximate surface area is 175 Å². The van der Waals surface area contributed by atoms with Crippen LogP contribution in [0.1, 0.15) is 30.5 Å². The van der Waals surface area contributed by atoms with Crippen LogP contribution < -0.4 is 0 Å². The van der Waals surface area contributed by atoms with Gasteiger partial charge in [-0.15, -0.1) is 0 Å². The number of carbonyl (C=O) groups excluding carboxylic acids is 1. The van der Waals surface area contributed by atoms with Crippen LogP contribution in [0.2, 0.25) is 0 Å².